The Hall–Kier alpha value is -4.12. The number of hydrogen-bond donors (Lipinski definition) is 0. The minimum atomic E-state index is -1.77. The monoisotopic (exact) mass is 463 g/mol. The SMILES string of the molecule is CC[C@@]1(OC(=O)C2CO2)C(=O)OCc2c1cc1n(c2=O)Cc2cc3c([N+](=O)[O-])cccc3nc2-1. The predicted molar refractivity (Wildman–Crippen MR) is 115 cm³/mol. The number of ether oxygens (including phenoxy) is 3. The number of carbonyl (C=O) groups excluding carboxylic acids is 2. The molecule has 1 unspecified atom stereocenters. The van der Waals surface area contributed by atoms with E-state index in [1.807, 2.05) is 0 Å². The van der Waals surface area contributed by atoms with Gasteiger partial charge in [-0.1, -0.05) is 13.0 Å². The van der Waals surface area contributed by atoms with Crippen LogP contribution in [0.5, 0.6) is 0 Å². The Bertz CT molecular complexity index is 1510. The number of carbonyl (C=O) groups is 2. The molecule has 0 aliphatic carbocycles. The van der Waals surface area contributed by atoms with E-state index < -0.39 is 34.1 Å². The Morgan fingerprint density at radius 2 is 2.15 bits per heavy atom. The molecule has 3 aliphatic heterocycles. The number of nitrogens with zero attached hydrogens (tertiary/aromatic N) is 3. The molecule has 3 aromatic rings. The van der Waals surface area contributed by atoms with E-state index in [-0.39, 0.29) is 43.0 Å². The van der Waals surface area contributed by atoms with Crippen LogP contribution < -0.4 is 5.56 Å². The molecule has 1 saturated heterocycles. The Morgan fingerprint density at radius 1 is 1.35 bits per heavy atom. The van der Waals surface area contributed by atoms with E-state index in [1.54, 1.807) is 31.2 Å². The number of pyridine rings is 2. The van der Waals surface area contributed by atoms with Crippen LogP contribution in [-0.2, 0) is 42.6 Å². The molecule has 0 radical (unpaired) electrons. The fourth-order valence-electron chi connectivity index (χ4n) is 4.72. The van der Waals surface area contributed by atoms with Crippen LogP contribution in [0, 0.1) is 10.1 Å². The Kier molecular flexibility index (Phi) is 4.18. The highest BCUT2D eigenvalue weighted by Gasteiger charge is 2.52. The van der Waals surface area contributed by atoms with Crippen molar-refractivity contribution in [3.8, 4) is 11.4 Å². The molecule has 0 bridgehead atoms. The zero-order valence-electron chi connectivity index (χ0n) is 17.9. The number of rotatable bonds is 4. The minimum absolute atomic E-state index is 0.0599. The number of epoxide rings is 1. The van der Waals surface area contributed by atoms with Crippen molar-refractivity contribution in [1.82, 2.24) is 9.55 Å². The summed E-state index contributed by atoms with van der Waals surface area (Å²) < 4.78 is 17.4. The van der Waals surface area contributed by atoms with Crippen molar-refractivity contribution >= 4 is 28.5 Å². The van der Waals surface area contributed by atoms with E-state index in [0.29, 0.717) is 27.9 Å². The highest BCUT2D eigenvalue weighted by atomic mass is 16.7. The molecule has 172 valence electrons. The van der Waals surface area contributed by atoms with Gasteiger partial charge >= 0.3 is 11.9 Å². The summed E-state index contributed by atoms with van der Waals surface area (Å²) in [5.74, 6) is -1.44. The van der Waals surface area contributed by atoms with Crippen molar-refractivity contribution in [2.24, 2.45) is 0 Å². The molecule has 5 heterocycles. The number of benzene rings is 1. The van der Waals surface area contributed by atoms with Crippen LogP contribution in [0.4, 0.5) is 5.69 Å². The number of cyclic esters (lactones) is 1. The third-order valence-corrected chi connectivity index (χ3v) is 6.56. The van der Waals surface area contributed by atoms with Crippen molar-refractivity contribution in [1.29, 1.82) is 0 Å². The van der Waals surface area contributed by atoms with Gasteiger partial charge in [-0.2, -0.15) is 0 Å². The second kappa shape index (κ2) is 6.94. The van der Waals surface area contributed by atoms with Crippen LogP contribution in [0.2, 0.25) is 0 Å². The second-order valence-electron chi connectivity index (χ2n) is 8.41. The Labute approximate surface area is 191 Å². The molecule has 0 spiro atoms. The van der Waals surface area contributed by atoms with Gasteiger partial charge in [0, 0.05) is 17.2 Å². The van der Waals surface area contributed by atoms with E-state index in [1.165, 1.54) is 10.6 Å². The molecule has 0 N–H and O–H groups in total. The fourth-order valence-corrected chi connectivity index (χ4v) is 4.72. The van der Waals surface area contributed by atoms with Crippen molar-refractivity contribution in [3.63, 3.8) is 0 Å². The summed E-state index contributed by atoms with van der Waals surface area (Å²) >= 11 is 0. The third kappa shape index (κ3) is 2.73. The molecular formula is C23H17N3O8. The summed E-state index contributed by atoms with van der Waals surface area (Å²) in [6.07, 6.45) is -0.675. The van der Waals surface area contributed by atoms with E-state index in [4.69, 9.17) is 14.2 Å². The van der Waals surface area contributed by atoms with Crippen LogP contribution in [0.1, 0.15) is 30.0 Å². The maximum absolute atomic E-state index is 13.5. The van der Waals surface area contributed by atoms with Gasteiger partial charge in [0.25, 0.3) is 11.2 Å². The van der Waals surface area contributed by atoms with Gasteiger partial charge < -0.3 is 18.8 Å². The summed E-state index contributed by atoms with van der Waals surface area (Å²) in [5.41, 5.74) is 0.213. The summed E-state index contributed by atoms with van der Waals surface area (Å²) in [7, 11) is 0. The Balaban J connectivity index is 1.56. The number of nitro groups is 1. The van der Waals surface area contributed by atoms with Crippen LogP contribution in [0.25, 0.3) is 22.3 Å². The summed E-state index contributed by atoms with van der Waals surface area (Å²) in [4.78, 5) is 54.4. The van der Waals surface area contributed by atoms with E-state index in [9.17, 15) is 24.5 Å². The van der Waals surface area contributed by atoms with Crippen molar-refractivity contribution < 1.29 is 28.7 Å². The Morgan fingerprint density at radius 3 is 2.85 bits per heavy atom. The predicted octanol–water partition coefficient (Wildman–Crippen LogP) is 1.94. The number of nitro benzene ring substituents is 1. The number of aromatic nitrogens is 2. The molecule has 11 nitrogen and oxygen atoms in total. The second-order valence-corrected chi connectivity index (χ2v) is 8.41. The topological polar surface area (TPSA) is 143 Å². The third-order valence-electron chi connectivity index (χ3n) is 6.56. The summed E-state index contributed by atoms with van der Waals surface area (Å²) in [6.45, 7) is 1.79. The van der Waals surface area contributed by atoms with Crippen LogP contribution in [0.15, 0.2) is 35.1 Å². The molecule has 1 fully saturated rings. The van der Waals surface area contributed by atoms with E-state index in [0.717, 1.165) is 0 Å². The quantitative estimate of drug-likeness (QED) is 0.192. The normalized spacial score (nSPS) is 21.9. The summed E-state index contributed by atoms with van der Waals surface area (Å²) in [6, 6.07) is 7.92. The van der Waals surface area contributed by atoms with Gasteiger partial charge in [-0.25, -0.2) is 14.6 Å². The molecule has 0 saturated carbocycles. The van der Waals surface area contributed by atoms with Crippen molar-refractivity contribution in [2.75, 3.05) is 6.61 Å². The van der Waals surface area contributed by atoms with Gasteiger partial charge in [-0.15, -0.1) is 0 Å². The number of non-ortho nitro benzene ring substituents is 1. The highest BCUT2D eigenvalue weighted by Crippen LogP contribution is 2.42. The first-order chi connectivity index (χ1) is 16.3. The first-order valence-corrected chi connectivity index (χ1v) is 10.7. The maximum Gasteiger partial charge on any atom is 0.355 e. The summed E-state index contributed by atoms with van der Waals surface area (Å²) in [5, 5.41) is 11.8. The van der Waals surface area contributed by atoms with Gasteiger partial charge in [0.1, 0.15) is 6.61 Å². The van der Waals surface area contributed by atoms with Crippen LogP contribution in [0.3, 0.4) is 0 Å². The molecule has 11 heteroatoms. The average Bonchev–Trinajstić information content (AvgIpc) is 3.62. The lowest BCUT2D eigenvalue weighted by molar-refractivity contribution is -0.383. The molecule has 6 rings (SSSR count). The molecule has 1 aromatic carbocycles. The smallest absolute Gasteiger partial charge is 0.355 e. The molecule has 0 amide bonds. The van der Waals surface area contributed by atoms with Crippen LogP contribution in [-0.4, -0.2) is 39.1 Å². The van der Waals surface area contributed by atoms with Gasteiger partial charge in [0.15, 0.2) is 6.10 Å². The maximum atomic E-state index is 13.5. The minimum Gasteiger partial charge on any atom is -0.457 e. The number of hydrogen-bond acceptors (Lipinski definition) is 9. The number of fused-ring (bicyclic) bond motifs is 5. The molecule has 34 heavy (non-hydrogen) atoms. The standard InChI is InChI=1S/C23H17N3O8/c1-2-23(34-21(28)18-10-32-18)14-7-17-19-11(8-25(17)20(27)13(14)9-33-22(23)29)6-12-15(24-19)4-3-5-16(12)26(30)31/h3-7,18H,2,8-10H2,1H3/t18?,23-/m0/s1. The van der Waals surface area contributed by atoms with Crippen LogP contribution >= 0.6 is 0 Å². The molecular weight excluding hydrogens is 446 g/mol. The van der Waals surface area contributed by atoms with Crippen molar-refractivity contribution in [2.45, 2.75) is 38.2 Å². The molecule has 3 aliphatic rings. The fraction of sp³-hybridized carbons (Fsp3) is 0.304. The molecule has 2 atom stereocenters. The lowest BCUT2D eigenvalue weighted by atomic mass is 9.85. The van der Waals surface area contributed by atoms with E-state index >= 15 is 0 Å². The number of esters is 2. The van der Waals surface area contributed by atoms with Gasteiger partial charge in [0.05, 0.1) is 45.9 Å². The van der Waals surface area contributed by atoms with Crippen molar-refractivity contribution in [3.05, 3.63) is 67.5 Å². The highest BCUT2D eigenvalue weighted by molar-refractivity contribution is 5.92. The first kappa shape index (κ1) is 20.5. The van der Waals surface area contributed by atoms with E-state index in [2.05, 4.69) is 4.98 Å². The first-order valence-electron chi connectivity index (χ1n) is 10.7. The zero-order chi connectivity index (χ0) is 23.8. The lowest BCUT2D eigenvalue weighted by Crippen LogP contribution is -2.48. The van der Waals surface area contributed by atoms with Gasteiger partial charge in [0.2, 0.25) is 5.60 Å². The van der Waals surface area contributed by atoms with Gasteiger partial charge in [-0.3, -0.25) is 14.9 Å². The van der Waals surface area contributed by atoms with Gasteiger partial charge in [-0.05, 0) is 24.6 Å². The largest absolute Gasteiger partial charge is 0.457 e. The molecule has 2 aromatic heterocycles. The average molecular weight is 463 g/mol. The lowest BCUT2D eigenvalue weighted by Gasteiger charge is -2.35. The zero-order valence-corrected chi connectivity index (χ0v) is 17.9.